The van der Waals surface area contributed by atoms with Crippen LogP contribution >= 0.6 is 0 Å². The lowest BCUT2D eigenvalue weighted by atomic mass is 10.2. The summed E-state index contributed by atoms with van der Waals surface area (Å²) in [4.78, 5) is 14.3. The number of hydrogen-bond acceptors (Lipinski definition) is 3. The van der Waals surface area contributed by atoms with E-state index < -0.39 is 0 Å². The molecular formula is C13H22N4O. The van der Waals surface area contributed by atoms with Gasteiger partial charge >= 0.3 is 0 Å². The fourth-order valence-electron chi connectivity index (χ4n) is 2.38. The summed E-state index contributed by atoms with van der Waals surface area (Å²) < 4.78 is 1.92. The second-order valence-corrected chi connectivity index (χ2v) is 4.97. The van der Waals surface area contributed by atoms with Gasteiger partial charge in [0.1, 0.15) is 0 Å². The SMILES string of the molecule is CCCn1ncc(C(=O)N2CCN[C@H](C)C2)c1C. The summed E-state index contributed by atoms with van der Waals surface area (Å²) in [6.45, 7) is 9.49. The molecule has 1 aliphatic heterocycles. The zero-order valence-electron chi connectivity index (χ0n) is 11.4. The Morgan fingerprint density at radius 2 is 2.39 bits per heavy atom. The minimum Gasteiger partial charge on any atom is -0.336 e. The molecule has 5 nitrogen and oxygen atoms in total. The van der Waals surface area contributed by atoms with Crippen molar-refractivity contribution in [2.75, 3.05) is 19.6 Å². The highest BCUT2D eigenvalue weighted by molar-refractivity contribution is 5.95. The molecule has 0 aliphatic carbocycles. The first-order valence-corrected chi connectivity index (χ1v) is 6.68. The van der Waals surface area contributed by atoms with Crippen LogP contribution in [0.1, 0.15) is 36.3 Å². The predicted octanol–water partition coefficient (Wildman–Crippen LogP) is 1.04. The van der Waals surface area contributed by atoms with Gasteiger partial charge in [0.25, 0.3) is 5.91 Å². The lowest BCUT2D eigenvalue weighted by Gasteiger charge is -2.31. The third kappa shape index (κ3) is 2.56. The average Bonchev–Trinajstić information content (AvgIpc) is 2.71. The molecule has 0 saturated carbocycles. The highest BCUT2D eigenvalue weighted by Crippen LogP contribution is 2.12. The number of rotatable bonds is 3. The van der Waals surface area contributed by atoms with E-state index in [2.05, 4.69) is 24.3 Å². The molecule has 0 unspecified atom stereocenters. The van der Waals surface area contributed by atoms with Crippen molar-refractivity contribution in [1.29, 1.82) is 0 Å². The van der Waals surface area contributed by atoms with Gasteiger partial charge in [-0.25, -0.2) is 0 Å². The number of carbonyl (C=O) groups excluding carboxylic acids is 1. The van der Waals surface area contributed by atoms with E-state index in [1.165, 1.54) is 0 Å². The van der Waals surface area contributed by atoms with Crippen LogP contribution < -0.4 is 5.32 Å². The van der Waals surface area contributed by atoms with E-state index in [1.807, 2.05) is 16.5 Å². The second kappa shape index (κ2) is 5.52. The molecule has 1 aromatic rings. The maximum absolute atomic E-state index is 12.4. The maximum Gasteiger partial charge on any atom is 0.257 e. The molecule has 1 N–H and O–H groups in total. The highest BCUT2D eigenvalue weighted by Gasteiger charge is 2.24. The van der Waals surface area contributed by atoms with Gasteiger partial charge in [0.2, 0.25) is 0 Å². The van der Waals surface area contributed by atoms with Gasteiger partial charge in [0.05, 0.1) is 11.8 Å². The fraction of sp³-hybridized carbons (Fsp3) is 0.692. The van der Waals surface area contributed by atoms with Crippen LogP contribution in [0.5, 0.6) is 0 Å². The molecule has 2 heterocycles. The second-order valence-electron chi connectivity index (χ2n) is 4.97. The lowest BCUT2D eigenvalue weighted by Crippen LogP contribution is -2.51. The van der Waals surface area contributed by atoms with Gasteiger partial charge in [-0.1, -0.05) is 6.92 Å². The summed E-state index contributed by atoms with van der Waals surface area (Å²) in [7, 11) is 0. The number of aryl methyl sites for hydroxylation is 1. The Balaban J connectivity index is 2.13. The third-order valence-electron chi connectivity index (χ3n) is 3.42. The molecule has 1 saturated heterocycles. The summed E-state index contributed by atoms with van der Waals surface area (Å²) in [6.07, 6.45) is 2.74. The fourth-order valence-corrected chi connectivity index (χ4v) is 2.38. The van der Waals surface area contributed by atoms with Crippen molar-refractivity contribution < 1.29 is 4.79 Å². The van der Waals surface area contributed by atoms with Crippen molar-refractivity contribution in [3.63, 3.8) is 0 Å². The molecular weight excluding hydrogens is 228 g/mol. The van der Waals surface area contributed by atoms with Crippen molar-refractivity contribution in [2.24, 2.45) is 0 Å². The Morgan fingerprint density at radius 3 is 3.06 bits per heavy atom. The first-order chi connectivity index (χ1) is 8.63. The highest BCUT2D eigenvalue weighted by atomic mass is 16.2. The number of piperazine rings is 1. The Bertz CT molecular complexity index is 427. The van der Waals surface area contributed by atoms with Crippen LogP contribution in [-0.2, 0) is 6.54 Å². The third-order valence-corrected chi connectivity index (χ3v) is 3.42. The number of carbonyl (C=O) groups is 1. The lowest BCUT2D eigenvalue weighted by molar-refractivity contribution is 0.0708. The molecule has 1 aliphatic rings. The molecule has 0 aromatic carbocycles. The van der Waals surface area contributed by atoms with E-state index in [1.54, 1.807) is 6.20 Å². The van der Waals surface area contributed by atoms with Crippen LogP contribution in [0.15, 0.2) is 6.20 Å². The van der Waals surface area contributed by atoms with Crippen LogP contribution in [0.4, 0.5) is 0 Å². The predicted molar refractivity (Wildman–Crippen MR) is 70.6 cm³/mol. The summed E-state index contributed by atoms with van der Waals surface area (Å²) in [5.41, 5.74) is 1.73. The molecule has 100 valence electrons. The Hall–Kier alpha value is -1.36. The molecule has 2 rings (SSSR count). The normalized spacial score (nSPS) is 20.2. The summed E-state index contributed by atoms with van der Waals surface area (Å²) >= 11 is 0. The van der Waals surface area contributed by atoms with Crippen LogP contribution in [-0.4, -0.2) is 46.3 Å². The van der Waals surface area contributed by atoms with Gasteiger partial charge in [0.15, 0.2) is 0 Å². The zero-order valence-corrected chi connectivity index (χ0v) is 11.4. The molecule has 0 spiro atoms. The molecule has 0 radical (unpaired) electrons. The number of amides is 1. The monoisotopic (exact) mass is 250 g/mol. The number of nitrogens with zero attached hydrogens (tertiary/aromatic N) is 3. The van der Waals surface area contributed by atoms with Crippen molar-refractivity contribution in [2.45, 2.75) is 39.8 Å². The van der Waals surface area contributed by atoms with E-state index in [0.29, 0.717) is 6.04 Å². The molecule has 0 bridgehead atoms. The largest absolute Gasteiger partial charge is 0.336 e. The number of nitrogens with one attached hydrogen (secondary N) is 1. The van der Waals surface area contributed by atoms with Crippen LogP contribution in [0.3, 0.4) is 0 Å². The minimum absolute atomic E-state index is 0.114. The van der Waals surface area contributed by atoms with E-state index in [-0.39, 0.29) is 5.91 Å². The van der Waals surface area contributed by atoms with Gasteiger partial charge < -0.3 is 10.2 Å². The van der Waals surface area contributed by atoms with Gasteiger partial charge in [0, 0.05) is 37.9 Å². The number of aromatic nitrogens is 2. The van der Waals surface area contributed by atoms with Crippen LogP contribution in [0.25, 0.3) is 0 Å². The summed E-state index contributed by atoms with van der Waals surface area (Å²) in [5.74, 6) is 0.114. The Kier molecular flexibility index (Phi) is 4.01. The molecule has 1 amide bonds. The average molecular weight is 250 g/mol. The van der Waals surface area contributed by atoms with E-state index in [9.17, 15) is 4.79 Å². The van der Waals surface area contributed by atoms with Crippen molar-refractivity contribution >= 4 is 5.91 Å². The molecule has 1 atom stereocenters. The van der Waals surface area contributed by atoms with E-state index in [4.69, 9.17) is 0 Å². The van der Waals surface area contributed by atoms with Crippen LogP contribution in [0, 0.1) is 6.92 Å². The van der Waals surface area contributed by atoms with Crippen molar-refractivity contribution in [3.05, 3.63) is 17.5 Å². The standard InChI is InChI=1S/C13H22N4O/c1-4-6-17-11(3)12(8-15-17)13(18)16-7-5-14-10(2)9-16/h8,10,14H,4-7,9H2,1-3H3/t10-/m1/s1. The first-order valence-electron chi connectivity index (χ1n) is 6.68. The zero-order chi connectivity index (χ0) is 13.1. The Labute approximate surface area is 108 Å². The minimum atomic E-state index is 0.114. The van der Waals surface area contributed by atoms with Gasteiger partial charge in [-0.2, -0.15) is 5.10 Å². The molecule has 18 heavy (non-hydrogen) atoms. The summed E-state index contributed by atoms with van der Waals surface area (Å²) in [5, 5.41) is 7.64. The van der Waals surface area contributed by atoms with Crippen molar-refractivity contribution in [1.82, 2.24) is 20.0 Å². The van der Waals surface area contributed by atoms with E-state index in [0.717, 1.165) is 43.9 Å². The van der Waals surface area contributed by atoms with Gasteiger partial charge in [-0.05, 0) is 20.3 Å². The first kappa shape index (κ1) is 13.1. The van der Waals surface area contributed by atoms with Gasteiger partial charge in [-0.3, -0.25) is 9.48 Å². The molecule has 5 heteroatoms. The molecule has 1 fully saturated rings. The number of hydrogen-bond donors (Lipinski definition) is 1. The molecule has 1 aromatic heterocycles. The quantitative estimate of drug-likeness (QED) is 0.872. The van der Waals surface area contributed by atoms with Crippen molar-refractivity contribution in [3.8, 4) is 0 Å². The topological polar surface area (TPSA) is 50.2 Å². The summed E-state index contributed by atoms with van der Waals surface area (Å²) in [6, 6.07) is 0.369. The maximum atomic E-state index is 12.4. The Morgan fingerprint density at radius 1 is 1.61 bits per heavy atom. The smallest absolute Gasteiger partial charge is 0.257 e. The van der Waals surface area contributed by atoms with Crippen LogP contribution in [0.2, 0.25) is 0 Å². The van der Waals surface area contributed by atoms with Gasteiger partial charge in [-0.15, -0.1) is 0 Å². The van der Waals surface area contributed by atoms with E-state index >= 15 is 0 Å².